The number of rotatable bonds is 8. The fourth-order valence-corrected chi connectivity index (χ4v) is 15.5. The molecule has 0 aliphatic heterocycles. The first kappa shape index (κ1) is 17.5. The van der Waals surface area contributed by atoms with E-state index in [1.807, 2.05) is 121 Å². The Hall–Kier alpha value is -4.92. The van der Waals surface area contributed by atoms with E-state index in [9.17, 15) is 0 Å². The maximum absolute atomic E-state index is 6.39. The Bertz CT molecular complexity index is 824. The Labute approximate surface area is 165 Å². The molecule has 0 saturated carbocycles. The van der Waals surface area contributed by atoms with Gasteiger partial charge in [0.1, 0.15) is 0 Å². The molecule has 29 heavy (non-hydrogen) atoms. The summed E-state index contributed by atoms with van der Waals surface area (Å²) in [6.07, 6.45) is 0. The standard InChI is InChI=1S/4C6H6O.Rf/c4*7-6-4-2-1-3-5-6;/h4*1-5,7H;/q;;;;+4/p-4. The minimum atomic E-state index is -5.12. The molecule has 142 valence electrons. The summed E-state index contributed by atoms with van der Waals surface area (Å²) in [6, 6.07) is 38.0. The van der Waals surface area contributed by atoms with Crippen LogP contribution in [0, 0.1) is 0 Å². The average Bonchev–Trinajstić information content (AvgIpc) is 2.76. The first-order valence-electron chi connectivity index (χ1n) is 9.61. The summed E-state index contributed by atoms with van der Waals surface area (Å²) in [6.45, 7) is 0. The molecule has 0 heterocycles. The summed E-state index contributed by atoms with van der Waals surface area (Å²) in [5, 5.41) is 25.5. The number of benzene rings is 4. The molecule has 0 bridgehead atoms. The van der Waals surface area contributed by atoms with Crippen molar-refractivity contribution in [2.24, 2.45) is 0 Å². The Morgan fingerprint density at radius 1 is 0.310 bits per heavy atom. The molecule has 0 atom stereocenters. The van der Waals surface area contributed by atoms with Crippen molar-refractivity contribution < 1.29 is 20.4 Å². The first-order chi connectivity index (χ1) is 14.3. The molecule has 0 fully saturated rings. The van der Waals surface area contributed by atoms with Crippen molar-refractivity contribution >= 4 is 0 Å². The van der Waals surface area contributed by atoms with E-state index in [0.717, 1.165) is 0 Å². The third-order valence-corrected chi connectivity index (χ3v) is 16.8. The Morgan fingerprint density at radius 2 is 0.517 bits per heavy atom. The van der Waals surface area contributed by atoms with Gasteiger partial charge in [0.15, 0.2) is 0 Å². The van der Waals surface area contributed by atoms with Crippen molar-refractivity contribution in [2.75, 3.05) is 0 Å². The molecule has 0 aliphatic carbocycles. The van der Waals surface area contributed by atoms with E-state index in [1.54, 1.807) is 0 Å². The van der Waals surface area contributed by atoms with Crippen molar-refractivity contribution in [2.45, 2.75) is 0 Å². The summed E-state index contributed by atoms with van der Waals surface area (Å²) in [4.78, 5) is 0. The van der Waals surface area contributed by atoms with E-state index < -0.39 is 0 Å². The number of hydrogen-bond donors (Lipinski definition) is 0. The molecular formula is C24H20O4Rf. The molecule has 5 heteroatoms. The molecule has 0 aromatic heterocycles. The molecule has 4 rings (SSSR count). The summed E-state index contributed by atoms with van der Waals surface area (Å²) >= 11 is 0. The van der Waals surface area contributed by atoms with Crippen LogP contribution in [0.4, 0.5) is 0 Å². The van der Waals surface area contributed by atoms with Crippen molar-refractivity contribution in [1.29, 1.82) is 0 Å². The first-order valence-corrected chi connectivity index (χ1v) is 20.1. The fourth-order valence-electron chi connectivity index (χ4n) is 3.06. The molecule has 0 radical (unpaired) electrons. The van der Waals surface area contributed by atoms with E-state index >= 15 is 0 Å². The zero-order chi connectivity index (χ0) is 19.8. The van der Waals surface area contributed by atoms with Gasteiger partial charge in [0.2, 0.25) is 0 Å². The minimum absolute atomic E-state index is 0.644. The van der Waals surface area contributed by atoms with Crippen LogP contribution in [0.3, 0.4) is 0 Å². The Kier molecular flexibility index (Phi) is 4.94. The predicted octanol–water partition coefficient (Wildman–Crippen LogP) is 6.12. The molecule has 4 nitrogen and oxygen atoms in total. The monoisotopic (exact) mass is 639 g/mol. The quantitative estimate of drug-likeness (QED) is 0.233. The zero-order valence-corrected chi connectivity index (χ0v) is 22.3. The zero-order valence-electron chi connectivity index (χ0n) is 15.9. The molecule has 4 aromatic carbocycles. The molecule has 0 aliphatic rings. The second-order valence-corrected chi connectivity index (χ2v) is 18.2. The van der Waals surface area contributed by atoms with Crippen LogP contribution in [-0.4, -0.2) is 0 Å². The normalized spacial score (nSPS) is 10.8. The van der Waals surface area contributed by atoms with Gasteiger partial charge in [0.25, 0.3) is 0 Å². The molecular weight excluding hydrogens is 619 g/mol. The van der Waals surface area contributed by atoms with Gasteiger partial charge in [-0.25, -0.2) is 0 Å². The molecule has 4 aromatic rings. The molecule has 0 saturated heterocycles. The Balaban J connectivity index is 1.75. The average molecular weight is 639 g/mol. The summed E-state index contributed by atoms with van der Waals surface area (Å²) in [7, 11) is 0. The van der Waals surface area contributed by atoms with Crippen molar-refractivity contribution in [3.63, 3.8) is 0 Å². The SMILES string of the molecule is c1ccc([O][Rf]([O]c2ccccc2)([O]c2ccccc2)[O]c2ccccc2)cc1. The van der Waals surface area contributed by atoms with Gasteiger partial charge in [-0.15, -0.1) is 0 Å². The second kappa shape index (κ2) is 8.18. The van der Waals surface area contributed by atoms with Crippen LogP contribution in [0.1, 0.15) is 0 Å². The van der Waals surface area contributed by atoms with Gasteiger partial charge in [0.05, 0.1) is 0 Å². The molecule has 0 spiro atoms. The van der Waals surface area contributed by atoms with Gasteiger partial charge >= 0.3 is 165 Å². The molecule has 0 unspecified atom stereocenters. The van der Waals surface area contributed by atoms with E-state index in [2.05, 4.69) is 0 Å². The van der Waals surface area contributed by atoms with Gasteiger partial charge < -0.3 is 0 Å². The van der Waals surface area contributed by atoms with Crippen LogP contribution in [0.5, 0.6) is 23.0 Å². The van der Waals surface area contributed by atoms with E-state index in [1.165, 1.54) is 0 Å². The summed E-state index contributed by atoms with van der Waals surface area (Å²) < 4.78 is -5.12. The van der Waals surface area contributed by atoms with Gasteiger partial charge in [-0.1, -0.05) is 0 Å². The van der Waals surface area contributed by atoms with Crippen LogP contribution in [0.2, 0.25) is 0 Å². The number of para-hydroxylation sites is 4. The predicted molar refractivity (Wildman–Crippen MR) is 108 cm³/mol. The van der Waals surface area contributed by atoms with Crippen LogP contribution < -0.4 is 20.4 Å². The third-order valence-electron chi connectivity index (χ3n) is 4.35. The van der Waals surface area contributed by atoms with Crippen molar-refractivity contribution in [1.82, 2.24) is 0 Å². The third kappa shape index (κ3) is 4.63. The van der Waals surface area contributed by atoms with Crippen molar-refractivity contribution in [3.05, 3.63) is 121 Å². The van der Waals surface area contributed by atoms with Crippen LogP contribution in [0.15, 0.2) is 121 Å². The van der Waals surface area contributed by atoms with Crippen LogP contribution in [0.25, 0.3) is 0 Å². The fraction of sp³-hybridized carbons (Fsp3) is 0. The van der Waals surface area contributed by atoms with Crippen LogP contribution in [-0.2, 0) is 0 Å². The van der Waals surface area contributed by atoms with Crippen molar-refractivity contribution in [3.8, 4) is 23.0 Å². The second-order valence-electron chi connectivity index (χ2n) is 6.54. The van der Waals surface area contributed by atoms with E-state index in [-0.39, 0.29) is 0 Å². The van der Waals surface area contributed by atoms with Gasteiger partial charge in [-0.05, 0) is 0 Å². The summed E-state index contributed by atoms with van der Waals surface area (Å²) in [5.41, 5.74) is 0. The topological polar surface area (TPSA) is 36.9 Å². The maximum atomic E-state index is 6.39. The molecule has 0 N–H and O–H groups in total. The van der Waals surface area contributed by atoms with E-state index in [4.69, 9.17) is 20.4 Å². The van der Waals surface area contributed by atoms with Gasteiger partial charge in [0, 0.05) is 0 Å². The van der Waals surface area contributed by atoms with Gasteiger partial charge in [-0.3, -0.25) is 0 Å². The Morgan fingerprint density at radius 3 is 0.724 bits per heavy atom. The van der Waals surface area contributed by atoms with E-state index in [0.29, 0.717) is 23.0 Å². The van der Waals surface area contributed by atoms with Crippen LogP contribution >= 0.6 is 0 Å². The molecule has 0 amide bonds. The summed E-state index contributed by atoms with van der Waals surface area (Å²) in [5.74, 6) is 2.58. The van der Waals surface area contributed by atoms with Gasteiger partial charge in [-0.2, -0.15) is 0 Å². The number of hydrogen-bond acceptors (Lipinski definition) is 4.